The summed E-state index contributed by atoms with van der Waals surface area (Å²) in [5, 5.41) is 9.58. The normalized spacial score (nSPS) is 12.4. The third kappa shape index (κ3) is 4.20. The Balaban J connectivity index is 3.07. The minimum absolute atomic E-state index is 0.0975. The molecule has 0 aliphatic rings. The number of pyridine rings is 1. The molecule has 1 aromatic heterocycles. The van der Waals surface area contributed by atoms with Crippen LogP contribution < -0.4 is 0 Å². The van der Waals surface area contributed by atoms with E-state index < -0.39 is 28.9 Å². The van der Waals surface area contributed by atoms with Gasteiger partial charge in [0.05, 0.1) is 11.2 Å². The van der Waals surface area contributed by atoms with Crippen molar-refractivity contribution >= 4 is 5.91 Å². The number of alkyl halides is 3. The van der Waals surface area contributed by atoms with Crippen molar-refractivity contribution < 1.29 is 23.1 Å². The van der Waals surface area contributed by atoms with E-state index in [0.29, 0.717) is 0 Å². The van der Waals surface area contributed by atoms with Crippen LogP contribution in [0.5, 0.6) is 0 Å². The summed E-state index contributed by atoms with van der Waals surface area (Å²) < 4.78 is 38.2. The molecule has 0 aromatic carbocycles. The number of carbonyl (C=O) groups excluding carboxylic acids is 1. The second-order valence-corrected chi connectivity index (χ2v) is 4.87. The summed E-state index contributed by atoms with van der Waals surface area (Å²) in [6.45, 7) is 2.82. The van der Waals surface area contributed by atoms with Crippen molar-refractivity contribution in [3.8, 4) is 0 Å². The molecule has 1 heterocycles. The maximum absolute atomic E-state index is 12.7. The van der Waals surface area contributed by atoms with E-state index in [9.17, 15) is 23.1 Å². The fraction of sp³-hybridized carbons (Fsp3) is 0.500. The predicted octanol–water partition coefficient (Wildman–Crippen LogP) is 1.94. The summed E-state index contributed by atoms with van der Waals surface area (Å²) in [5.74, 6) is -0.880. The molecule has 7 heteroatoms. The van der Waals surface area contributed by atoms with Crippen molar-refractivity contribution in [2.24, 2.45) is 0 Å². The average molecular weight is 276 g/mol. The van der Waals surface area contributed by atoms with Crippen LogP contribution >= 0.6 is 0 Å². The molecule has 0 bridgehead atoms. The molecule has 0 fully saturated rings. The zero-order valence-corrected chi connectivity index (χ0v) is 10.8. The minimum Gasteiger partial charge on any atom is -0.389 e. The van der Waals surface area contributed by atoms with Gasteiger partial charge in [0.25, 0.3) is 5.91 Å². The minimum atomic E-state index is -4.64. The second kappa shape index (κ2) is 5.16. The summed E-state index contributed by atoms with van der Waals surface area (Å²) in [7, 11) is 1.31. The lowest BCUT2D eigenvalue weighted by atomic mass is 10.1. The molecule has 0 atom stereocenters. The molecule has 0 saturated carbocycles. The third-order valence-electron chi connectivity index (χ3n) is 2.29. The van der Waals surface area contributed by atoms with Crippen molar-refractivity contribution in [1.29, 1.82) is 0 Å². The van der Waals surface area contributed by atoms with Crippen LogP contribution in [0, 0.1) is 0 Å². The van der Waals surface area contributed by atoms with Crippen LogP contribution in [-0.4, -0.2) is 40.1 Å². The standard InChI is InChI=1S/C12H15F3N2O2/c1-11(2,19)7-17(3)10(18)9-8(12(13,14)15)5-4-6-16-9/h4-6,19H,7H2,1-3H3. The molecular weight excluding hydrogens is 261 g/mol. The molecule has 1 amide bonds. The lowest BCUT2D eigenvalue weighted by molar-refractivity contribution is -0.138. The summed E-state index contributed by atoms with van der Waals surface area (Å²) >= 11 is 0. The summed E-state index contributed by atoms with van der Waals surface area (Å²) in [6, 6.07) is 1.92. The van der Waals surface area contributed by atoms with Gasteiger partial charge in [0.15, 0.2) is 0 Å². The van der Waals surface area contributed by atoms with Crippen LogP contribution in [0.25, 0.3) is 0 Å². The molecule has 0 unspecified atom stereocenters. The first-order chi connectivity index (χ1) is 8.52. The van der Waals surface area contributed by atoms with E-state index in [4.69, 9.17) is 0 Å². The van der Waals surface area contributed by atoms with Crippen LogP contribution in [0.1, 0.15) is 29.9 Å². The van der Waals surface area contributed by atoms with E-state index in [-0.39, 0.29) is 6.54 Å². The maximum Gasteiger partial charge on any atom is 0.418 e. The Morgan fingerprint density at radius 2 is 2.00 bits per heavy atom. The van der Waals surface area contributed by atoms with Crippen molar-refractivity contribution in [3.63, 3.8) is 0 Å². The van der Waals surface area contributed by atoms with Crippen molar-refractivity contribution in [2.75, 3.05) is 13.6 Å². The van der Waals surface area contributed by atoms with Gasteiger partial charge in [0, 0.05) is 19.8 Å². The van der Waals surface area contributed by atoms with E-state index in [1.807, 2.05) is 0 Å². The smallest absolute Gasteiger partial charge is 0.389 e. The molecule has 0 aliphatic heterocycles. The highest BCUT2D eigenvalue weighted by Gasteiger charge is 2.37. The number of nitrogens with zero attached hydrogens (tertiary/aromatic N) is 2. The van der Waals surface area contributed by atoms with Crippen LogP contribution in [0.4, 0.5) is 13.2 Å². The Morgan fingerprint density at radius 1 is 1.42 bits per heavy atom. The Hall–Kier alpha value is -1.63. The Kier molecular flexibility index (Phi) is 4.19. The molecule has 0 saturated heterocycles. The number of halogens is 3. The summed E-state index contributed by atoms with van der Waals surface area (Å²) in [4.78, 5) is 16.5. The fourth-order valence-electron chi connectivity index (χ4n) is 1.64. The number of hydrogen-bond donors (Lipinski definition) is 1. The Morgan fingerprint density at radius 3 is 2.47 bits per heavy atom. The summed E-state index contributed by atoms with van der Waals surface area (Å²) in [6.07, 6.45) is -3.52. The van der Waals surface area contributed by atoms with E-state index in [0.717, 1.165) is 23.2 Å². The highest BCUT2D eigenvalue weighted by Crippen LogP contribution is 2.31. The lowest BCUT2D eigenvalue weighted by Gasteiger charge is -2.26. The van der Waals surface area contributed by atoms with Crippen LogP contribution in [-0.2, 0) is 6.18 Å². The Bertz CT molecular complexity index is 467. The number of likely N-dealkylation sites (N-methyl/N-ethyl adjacent to an activating group) is 1. The lowest BCUT2D eigenvalue weighted by Crippen LogP contribution is -2.40. The number of amides is 1. The third-order valence-corrected chi connectivity index (χ3v) is 2.29. The number of rotatable bonds is 3. The van der Waals surface area contributed by atoms with E-state index in [1.54, 1.807) is 0 Å². The maximum atomic E-state index is 12.7. The molecule has 106 valence electrons. The van der Waals surface area contributed by atoms with Gasteiger partial charge in [0.1, 0.15) is 5.69 Å². The largest absolute Gasteiger partial charge is 0.418 e. The van der Waals surface area contributed by atoms with Gasteiger partial charge >= 0.3 is 6.18 Å². The molecule has 0 radical (unpaired) electrons. The molecule has 0 spiro atoms. The topological polar surface area (TPSA) is 53.4 Å². The van der Waals surface area contributed by atoms with Gasteiger partial charge < -0.3 is 10.0 Å². The van der Waals surface area contributed by atoms with Gasteiger partial charge in [0.2, 0.25) is 0 Å². The SMILES string of the molecule is CN(CC(C)(C)O)C(=O)c1ncccc1C(F)(F)F. The zero-order chi connectivity index (χ0) is 14.8. The predicted molar refractivity (Wildman–Crippen MR) is 62.5 cm³/mol. The average Bonchev–Trinajstić information content (AvgIpc) is 2.24. The van der Waals surface area contributed by atoms with Gasteiger partial charge in [-0.15, -0.1) is 0 Å². The quantitative estimate of drug-likeness (QED) is 0.918. The zero-order valence-electron chi connectivity index (χ0n) is 10.8. The van der Waals surface area contributed by atoms with Crippen molar-refractivity contribution in [3.05, 3.63) is 29.6 Å². The van der Waals surface area contributed by atoms with Crippen LogP contribution in [0.3, 0.4) is 0 Å². The van der Waals surface area contributed by atoms with Gasteiger partial charge in [-0.25, -0.2) is 0 Å². The summed E-state index contributed by atoms with van der Waals surface area (Å²) in [5.41, 5.74) is -2.94. The number of aromatic nitrogens is 1. The molecule has 1 aromatic rings. The highest BCUT2D eigenvalue weighted by molar-refractivity contribution is 5.93. The molecule has 1 rings (SSSR count). The molecule has 0 aliphatic carbocycles. The Labute approximate surface area is 108 Å². The van der Waals surface area contributed by atoms with Gasteiger partial charge in [-0.3, -0.25) is 9.78 Å². The number of carbonyl (C=O) groups is 1. The van der Waals surface area contributed by atoms with Gasteiger partial charge in [-0.2, -0.15) is 13.2 Å². The van der Waals surface area contributed by atoms with E-state index in [1.165, 1.54) is 20.9 Å². The number of aliphatic hydroxyl groups is 1. The van der Waals surface area contributed by atoms with Crippen LogP contribution in [0.15, 0.2) is 18.3 Å². The van der Waals surface area contributed by atoms with Gasteiger partial charge in [-0.05, 0) is 26.0 Å². The molecule has 4 nitrogen and oxygen atoms in total. The van der Waals surface area contributed by atoms with Crippen molar-refractivity contribution in [1.82, 2.24) is 9.88 Å². The van der Waals surface area contributed by atoms with E-state index >= 15 is 0 Å². The van der Waals surface area contributed by atoms with Crippen LogP contribution in [0.2, 0.25) is 0 Å². The van der Waals surface area contributed by atoms with Gasteiger partial charge in [-0.1, -0.05) is 0 Å². The number of hydrogen-bond acceptors (Lipinski definition) is 3. The first-order valence-corrected chi connectivity index (χ1v) is 5.52. The first kappa shape index (κ1) is 15.4. The van der Waals surface area contributed by atoms with Crippen molar-refractivity contribution in [2.45, 2.75) is 25.6 Å². The fourth-order valence-corrected chi connectivity index (χ4v) is 1.64. The molecular formula is C12H15F3N2O2. The second-order valence-electron chi connectivity index (χ2n) is 4.87. The molecule has 19 heavy (non-hydrogen) atoms. The molecule has 1 N–H and O–H groups in total. The monoisotopic (exact) mass is 276 g/mol. The highest BCUT2D eigenvalue weighted by atomic mass is 19.4. The first-order valence-electron chi connectivity index (χ1n) is 5.52. The van der Waals surface area contributed by atoms with E-state index in [2.05, 4.69) is 4.98 Å².